The van der Waals surface area contributed by atoms with Crippen LogP contribution < -0.4 is 0 Å². The van der Waals surface area contributed by atoms with E-state index in [4.69, 9.17) is 0 Å². The lowest BCUT2D eigenvalue weighted by Crippen LogP contribution is -2.47. The highest BCUT2D eigenvalue weighted by Gasteiger charge is 2.16. The zero-order valence-electron chi connectivity index (χ0n) is 12.3. The number of unbranched alkanes of at least 4 members (excludes halogenated alkanes) is 5. The standard InChI is InChI=1S/C15H30N2O/c1-3-4-5-6-7-8-9-16-10-12-17(13-11-16)14-15(2)18/h3-14H2,1-2H3. The monoisotopic (exact) mass is 254 g/mol. The van der Waals surface area contributed by atoms with Crippen molar-refractivity contribution in [2.24, 2.45) is 0 Å². The second-order valence-electron chi connectivity index (χ2n) is 5.59. The summed E-state index contributed by atoms with van der Waals surface area (Å²) in [5.41, 5.74) is 0. The van der Waals surface area contributed by atoms with Crippen LogP contribution >= 0.6 is 0 Å². The first kappa shape index (κ1) is 15.6. The molecule has 0 aromatic rings. The SMILES string of the molecule is CCCCCCCCN1CCN(CC(C)=O)CC1. The van der Waals surface area contributed by atoms with Crippen LogP contribution in [0.5, 0.6) is 0 Å². The molecule has 1 fully saturated rings. The van der Waals surface area contributed by atoms with Gasteiger partial charge in [-0.3, -0.25) is 9.69 Å². The van der Waals surface area contributed by atoms with Gasteiger partial charge in [0.1, 0.15) is 5.78 Å². The highest BCUT2D eigenvalue weighted by atomic mass is 16.1. The van der Waals surface area contributed by atoms with E-state index in [9.17, 15) is 4.79 Å². The average molecular weight is 254 g/mol. The van der Waals surface area contributed by atoms with Crippen LogP contribution in [0.1, 0.15) is 52.4 Å². The van der Waals surface area contributed by atoms with Gasteiger partial charge in [-0.2, -0.15) is 0 Å². The Hall–Kier alpha value is -0.410. The Kier molecular flexibility index (Phi) is 8.27. The van der Waals surface area contributed by atoms with Crippen LogP contribution in [-0.4, -0.2) is 54.9 Å². The molecule has 0 saturated carbocycles. The van der Waals surface area contributed by atoms with E-state index >= 15 is 0 Å². The molecule has 3 heteroatoms. The molecule has 0 aromatic heterocycles. The molecule has 0 radical (unpaired) electrons. The predicted octanol–water partition coefficient (Wildman–Crippen LogP) is 2.55. The molecule has 0 atom stereocenters. The third-order valence-electron chi connectivity index (χ3n) is 3.74. The van der Waals surface area contributed by atoms with Crippen LogP contribution in [0.3, 0.4) is 0 Å². The summed E-state index contributed by atoms with van der Waals surface area (Å²) in [4.78, 5) is 15.9. The number of carbonyl (C=O) groups is 1. The van der Waals surface area contributed by atoms with E-state index in [0.717, 1.165) is 26.2 Å². The normalized spacial score (nSPS) is 18.1. The van der Waals surface area contributed by atoms with Crippen LogP contribution in [-0.2, 0) is 4.79 Å². The Morgan fingerprint density at radius 1 is 0.889 bits per heavy atom. The van der Waals surface area contributed by atoms with E-state index in [1.54, 1.807) is 6.92 Å². The summed E-state index contributed by atoms with van der Waals surface area (Å²) < 4.78 is 0. The van der Waals surface area contributed by atoms with Crippen LogP contribution in [0.2, 0.25) is 0 Å². The number of nitrogens with zero attached hydrogens (tertiary/aromatic N) is 2. The van der Waals surface area contributed by atoms with Crippen molar-refractivity contribution in [2.75, 3.05) is 39.3 Å². The molecule has 0 aromatic carbocycles. The molecule has 0 aliphatic carbocycles. The molecular formula is C15H30N2O. The van der Waals surface area contributed by atoms with Gasteiger partial charge in [0.15, 0.2) is 0 Å². The molecule has 1 heterocycles. The predicted molar refractivity (Wildman–Crippen MR) is 76.9 cm³/mol. The first-order valence-corrected chi connectivity index (χ1v) is 7.66. The molecule has 0 amide bonds. The summed E-state index contributed by atoms with van der Waals surface area (Å²) in [6, 6.07) is 0. The van der Waals surface area contributed by atoms with E-state index in [1.807, 2.05) is 0 Å². The summed E-state index contributed by atoms with van der Waals surface area (Å²) in [6.07, 6.45) is 8.26. The number of Topliss-reactive ketones (excluding diaryl/α,β-unsaturated/α-hetero) is 1. The molecule has 1 aliphatic heterocycles. The molecule has 1 rings (SSSR count). The maximum Gasteiger partial charge on any atom is 0.143 e. The van der Waals surface area contributed by atoms with Crippen LogP contribution in [0.15, 0.2) is 0 Å². The smallest absolute Gasteiger partial charge is 0.143 e. The number of rotatable bonds is 9. The van der Waals surface area contributed by atoms with Gasteiger partial charge in [0, 0.05) is 26.2 Å². The Balaban J connectivity index is 1.97. The summed E-state index contributed by atoms with van der Waals surface area (Å²) in [5.74, 6) is 0.291. The number of ketones is 1. The third-order valence-corrected chi connectivity index (χ3v) is 3.74. The summed E-state index contributed by atoms with van der Waals surface area (Å²) in [5, 5.41) is 0. The van der Waals surface area contributed by atoms with Gasteiger partial charge in [-0.15, -0.1) is 0 Å². The highest BCUT2D eigenvalue weighted by molar-refractivity contribution is 5.77. The van der Waals surface area contributed by atoms with Gasteiger partial charge in [-0.1, -0.05) is 39.0 Å². The molecule has 1 saturated heterocycles. The molecule has 18 heavy (non-hydrogen) atoms. The average Bonchev–Trinajstić information content (AvgIpc) is 2.35. The van der Waals surface area contributed by atoms with Crippen LogP contribution in [0.4, 0.5) is 0 Å². The fourth-order valence-corrected chi connectivity index (χ4v) is 2.60. The molecule has 0 spiro atoms. The summed E-state index contributed by atoms with van der Waals surface area (Å²) in [6.45, 7) is 10.3. The second-order valence-corrected chi connectivity index (χ2v) is 5.59. The first-order chi connectivity index (χ1) is 8.72. The van der Waals surface area contributed by atoms with Gasteiger partial charge in [-0.25, -0.2) is 0 Å². The van der Waals surface area contributed by atoms with E-state index in [0.29, 0.717) is 12.3 Å². The Bertz CT molecular complexity index is 223. The third kappa shape index (κ3) is 7.12. The van der Waals surface area contributed by atoms with Crippen molar-refractivity contribution >= 4 is 5.78 Å². The Labute approximate surface area is 113 Å². The van der Waals surface area contributed by atoms with Crippen molar-refractivity contribution in [2.45, 2.75) is 52.4 Å². The van der Waals surface area contributed by atoms with Crippen molar-refractivity contribution in [1.82, 2.24) is 9.80 Å². The largest absolute Gasteiger partial charge is 0.301 e. The lowest BCUT2D eigenvalue weighted by atomic mass is 10.1. The molecule has 0 unspecified atom stereocenters. The Morgan fingerprint density at radius 2 is 1.44 bits per heavy atom. The minimum absolute atomic E-state index is 0.291. The zero-order valence-corrected chi connectivity index (χ0v) is 12.3. The van der Waals surface area contributed by atoms with Crippen LogP contribution in [0, 0.1) is 0 Å². The zero-order chi connectivity index (χ0) is 13.2. The maximum atomic E-state index is 11.0. The van der Waals surface area contributed by atoms with Crippen LogP contribution in [0.25, 0.3) is 0 Å². The van der Waals surface area contributed by atoms with Gasteiger partial charge in [0.05, 0.1) is 6.54 Å². The number of hydrogen-bond acceptors (Lipinski definition) is 3. The quantitative estimate of drug-likeness (QED) is 0.591. The molecule has 3 nitrogen and oxygen atoms in total. The van der Waals surface area contributed by atoms with E-state index in [2.05, 4.69) is 16.7 Å². The second kappa shape index (κ2) is 9.51. The summed E-state index contributed by atoms with van der Waals surface area (Å²) in [7, 11) is 0. The lowest BCUT2D eigenvalue weighted by molar-refractivity contribution is -0.118. The highest BCUT2D eigenvalue weighted by Crippen LogP contribution is 2.07. The molecule has 0 bridgehead atoms. The molecule has 106 valence electrons. The fraction of sp³-hybridized carbons (Fsp3) is 0.933. The lowest BCUT2D eigenvalue weighted by Gasteiger charge is -2.34. The van der Waals surface area contributed by atoms with Gasteiger partial charge in [-0.05, 0) is 19.9 Å². The number of carbonyl (C=O) groups excluding carboxylic acids is 1. The van der Waals surface area contributed by atoms with Gasteiger partial charge in [0.2, 0.25) is 0 Å². The summed E-state index contributed by atoms with van der Waals surface area (Å²) >= 11 is 0. The minimum Gasteiger partial charge on any atom is -0.301 e. The van der Waals surface area contributed by atoms with Crippen molar-refractivity contribution in [3.63, 3.8) is 0 Å². The van der Waals surface area contributed by atoms with Crippen molar-refractivity contribution in [3.8, 4) is 0 Å². The van der Waals surface area contributed by atoms with E-state index in [1.165, 1.54) is 45.1 Å². The van der Waals surface area contributed by atoms with Crippen molar-refractivity contribution in [3.05, 3.63) is 0 Å². The Morgan fingerprint density at radius 3 is 2.06 bits per heavy atom. The first-order valence-electron chi connectivity index (χ1n) is 7.66. The van der Waals surface area contributed by atoms with Gasteiger partial charge < -0.3 is 4.90 Å². The molecule has 0 N–H and O–H groups in total. The van der Waals surface area contributed by atoms with Crippen molar-refractivity contribution < 1.29 is 4.79 Å². The fourth-order valence-electron chi connectivity index (χ4n) is 2.60. The minimum atomic E-state index is 0.291. The molecular weight excluding hydrogens is 224 g/mol. The van der Waals surface area contributed by atoms with E-state index < -0.39 is 0 Å². The van der Waals surface area contributed by atoms with Gasteiger partial charge >= 0.3 is 0 Å². The van der Waals surface area contributed by atoms with Crippen molar-refractivity contribution in [1.29, 1.82) is 0 Å². The maximum absolute atomic E-state index is 11.0. The molecule has 1 aliphatic rings. The number of hydrogen-bond donors (Lipinski definition) is 0. The number of piperazine rings is 1. The topological polar surface area (TPSA) is 23.6 Å². The van der Waals surface area contributed by atoms with E-state index in [-0.39, 0.29) is 0 Å². The van der Waals surface area contributed by atoms with Gasteiger partial charge in [0.25, 0.3) is 0 Å².